The highest BCUT2D eigenvalue weighted by Crippen LogP contribution is 2.38. The minimum Gasteiger partial charge on any atom is -0.493 e. The molecule has 28 heavy (non-hydrogen) atoms. The van der Waals surface area contributed by atoms with E-state index in [0.717, 1.165) is 16.5 Å². The summed E-state index contributed by atoms with van der Waals surface area (Å²) in [7, 11) is 3.16. The van der Waals surface area contributed by atoms with Gasteiger partial charge in [0.2, 0.25) is 0 Å². The summed E-state index contributed by atoms with van der Waals surface area (Å²) in [5.41, 5.74) is 1.83. The summed E-state index contributed by atoms with van der Waals surface area (Å²) in [6.07, 6.45) is 5.95. The molecule has 2 aromatic carbocycles. The minimum absolute atomic E-state index is 0.0521. The van der Waals surface area contributed by atoms with Crippen molar-refractivity contribution in [2.45, 2.75) is 18.9 Å². The van der Waals surface area contributed by atoms with Crippen LogP contribution in [-0.4, -0.2) is 30.6 Å². The van der Waals surface area contributed by atoms with Crippen LogP contribution in [0.15, 0.2) is 54.7 Å². The van der Waals surface area contributed by atoms with Crippen LogP contribution < -0.4 is 14.2 Å². The van der Waals surface area contributed by atoms with Crippen LogP contribution in [0.3, 0.4) is 0 Å². The van der Waals surface area contributed by atoms with Gasteiger partial charge in [-0.15, -0.1) is 0 Å². The van der Waals surface area contributed by atoms with E-state index in [1.54, 1.807) is 39.5 Å². The number of Topliss-reactive ketones (excluding diaryl/α,β-unsaturated/α-hetero) is 1. The lowest BCUT2D eigenvalue weighted by Gasteiger charge is -2.33. The minimum atomic E-state index is -1.06. The molecule has 5 heteroatoms. The average molecular weight is 375 g/mol. The molecule has 5 nitrogen and oxygen atoms in total. The van der Waals surface area contributed by atoms with Gasteiger partial charge in [0, 0.05) is 24.1 Å². The van der Waals surface area contributed by atoms with E-state index >= 15 is 0 Å². The van der Waals surface area contributed by atoms with Gasteiger partial charge in [0.1, 0.15) is 5.75 Å². The Morgan fingerprint density at radius 2 is 1.79 bits per heavy atom. The van der Waals surface area contributed by atoms with Crippen molar-refractivity contribution in [3.63, 3.8) is 0 Å². The number of fused-ring (bicyclic) bond motifs is 2. The fourth-order valence-electron chi connectivity index (χ4n) is 3.54. The van der Waals surface area contributed by atoms with Crippen molar-refractivity contribution >= 4 is 22.8 Å². The van der Waals surface area contributed by atoms with Crippen LogP contribution >= 0.6 is 0 Å². The normalized spacial score (nSPS) is 17.8. The van der Waals surface area contributed by atoms with Gasteiger partial charge < -0.3 is 14.2 Å². The standard InChI is InChI=1S/C23H21NO4/c1-15(25)23(10-8-16-6-4-5-7-17(16)14-23)28-20-9-11-24-19-13-22(27-3)21(26-2)12-18(19)20/h4-13H,14H2,1-3H3. The van der Waals surface area contributed by atoms with Gasteiger partial charge >= 0.3 is 0 Å². The number of ketones is 1. The zero-order valence-corrected chi connectivity index (χ0v) is 16.1. The molecule has 1 unspecified atom stereocenters. The van der Waals surface area contributed by atoms with Crippen molar-refractivity contribution in [1.82, 2.24) is 4.98 Å². The molecule has 1 atom stereocenters. The van der Waals surface area contributed by atoms with Gasteiger partial charge in [-0.05, 0) is 36.3 Å². The Bertz CT molecular complexity index is 1090. The summed E-state index contributed by atoms with van der Waals surface area (Å²) in [4.78, 5) is 17.1. The molecule has 1 aromatic heterocycles. The number of ether oxygens (including phenoxy) is 3. The molecule has 1 aliphatic carbocycles. The van der Waals surface area contributed by atoms with E-state index in [1.165, 1.54) is 0 Å². The number of nitrogens with zero attached hydrogens (tertiary/aromatic N) is 1. The summed E-state index contributed by atoms with van der Waals surface area (Å²) < 4.78 is 17.2. The Hall–Kier alpha value is -3.34. The number of aromatic nitrogens is 1. The molecule has 0 saturated carbocycles. The third-order valence-electron chi connectivity index (χ3n) is 5.14. The van der Waals surface area contributed by atoms with Gasteiger partial charge in [0.15, 0.2) is 22.9 Å². The summed E-state index contributed by atoms with van der Waals surface area (Å²) >= 11 is 0. The van der Waals surface area contributed by atoms with Crippen LogP contribution in [-0.2, 0) is 11.2 Å². The highest BCUT2D eigenvalue weighted by atomic mass is 16.5. The first-order valence-corrected chi connectivity index (χ1v) is 9.04. The molecule has 1 aliphatic rings. The van der Waals surface area contributed by atoms with Crippen molar-refractivity contribution in [1.29, 1.82) is 0 Å². The summed E-state index contributed by atoms with van der Waals surface area (Å²) in [6.45, 7) is 1.56. The fraction of sp³-hybridized carbons (Fsp3) is 0.217. The first kappa shape index (κ1) is 18.0. The molecule has 0 bridgehead atoms. The highest BCUT2D eigenvalue weighted by Gasteiger charge is 2.38. The van der Waals surface area contributed by atoms with Crippen molar-refractivity contribution in [3.8, 4) is 17.2 Å². The fourth-order valence-corrected chi connectivity index (χ4v) is 3.54. The zero-order valence-electron chi connectivity index (χ0n) is 16.1. The molecule has 0 N–H and O–H groups in total. The first-order valence-electron chi connectivity index (χ1n) is 9.04. The quantitative estimate of drug-likeness (QED) is 0.668. The molecular formula is C23H21NO4. The summed E-state index contributed by atoms with van der Waals surface area (Å²) in [6, 6.07) is 13.4. The van der Waals surface area contributed by atoms with Gasteiger partial charge in [0.05, 0.1) is 19.7 Å². The number of carbonyl (C=O) groups excluding carboxylic acids is 1. The average Bonchev–Trinajstić information content (AvgIpc) is 2.72. The van der Waals surface area contributed by atoms with Gasteiger partial charge in [-0.2, -0.15) is 0 Å². The number of methoxy groups -OCH3 is 2. The molecule has 0 amide bonds. The number of pyridine rings is 1. The van der Waals surface area contributed by atoms with E-state index in [9.17, 15) is 4.79 Å². The number of benzene rings is 2. The molecule has 1 heterocycles. The molecule has 0 fully saturated rings. The topological polar surface area (TPSA) is 57.7 Å². The predicted octanol–water partition coefficient (Wildman–Crippen LogP) is 4.23. The molecule has 3 aromatic rings. The van der Waals surface area contributed by atoms with Gasteiger partial charge in [-0.1, -0.05) is 30.3 Å². The summed E-state index contributed by atoms with van der Waals surface area (Å²) in [5, 5.41) is 0.757. The molecule has 4 rings (SSSR count). The third kappa shape index (κ3) is 2.99. The van der Waals surface area contributed by atoms with E-state index in [4.69, 9.17) is 14.2 Å². The van der Waals surface area contributed by atoms with Crippen LogP contribution in [0.1, 0.15) is 18.1 Å². The third-order valence-corrected chi connectivity index (χ3v) is 5.14. The number of rotatable bonds is 5. The Balaban J connectivity index is 1.81. The van der Waals surface area contributed by atoms with Crippen molar-refractivity contribution in [3.05, 3.63) is 65.9 Å². The SMILES string of the molecule is COc1cc2nccc(OC3(C(C)=O)C=Cc4ccccc4C3)c2cc1OC. The van der Waals surface area contributed by atoms with E-state index in [-0.39, 0.29) is 5.78 Å². The molecule has 0 spiro atoms. The van der Waals surface area contributed by atoms with E-state index in [1.807, 2.05) is 42.5 Å². The van der Waals surface area contributed by atoms with E-state index in [2.05, 4.69) is 4.98 Å². The monoisotopic (exact) mass is 375 g/mol. The number of hydrogen-bond donors (Lipinski definition) is 0. The van der Waals surface area contributed by atoms with Crippen LogP contribution in [0.2, 0.25) is 0 Å². The number of hydrogen-bond acceptors (Lipinski definition) is 5. The largest absolute Gasteiger partial charge is 0.493 e. The molecule has 0 saturated heterocycles. The lowest BCUT2D eigenvalue weighted by molar-refractivity contribution is -0.128. The van der Waals surface area contributed by atoms with E-state index in [0.29, 0.717) is 29.2 Å². The van der Waals surface area contributed by atoms with E-state index < -0.39 is 5.60 Å². The molecule has 0 radical (unpaired) electrons. The van der Waals surface area contributed by atoms with Crippen molar-refractivity contribution in [2.24, 2.45) is 0 Å². The van der Waals surface area contributed by atoms with Gasteiger partial charge in [-0.3, -0.25) is 9.78 Å². The maximum atomic E-state index is 12.7. The molecule has 142 valence electrons. The zero-order chi connectivity index (χ0) is 19.7. The Morgan fingerprint density at radius 3 is 2.54 bits per heavy atom. The summed E-state index contributed by atoms with van der Waals surface area (Å²) in [5.74, 6) is 1.69. The van der Waals surface area contributed by atoms with Crippen LogP contribution in [0, 0.1) is 0 Å². The second-order valence-corrected chi connectivity index (χ2v) is 6.79. The van der Waals surface area contributed by atoms with Gasteiger partial charge in [-0.25, -0.2) is 0 Å². The van der Waals surface area contributed by atoms with Crippen molar-refractivity contribution in [2.75, 3.05) is 14.2 Å². The van der Waals surface area contributed by atoms with Crippen LogP contribution in [0.5, 0.6) is 17.2 Å². The maximum Gasteiger partial charge on any atom is 0.189 e. The lowest BCUT2D eigenvalue weighted by atomic mass is 9.83. The predicted molar refractivity (Wildman–Crippen MR) is 108 cm³/mol. The van der Waals surface area contributed by atoms with Crippen LogP contribution in [0.25, 0.3) is 17.0 Å². The Labute approximate surface area is 163 Å². The maximum absolute atomic E-state index is 12.7. The molecule has 0 aliphatic heterocycles. The Kier molecular flexibility index (Phi) is 4.51. The molecular weight excluding hydrogens is 354 g/mol. The number of carbonyl (C=O) groups is 1. The van der Waals surface area contributed by atoms with Crippen LogP contribution in [0.4, 0.5) is 0 Å². The van der Waals surface area contributed by atoms with Gasteiger partial charge in [0.25, 0.3) is 0 Å². The smallest absolute Gasteiger partial charge is 0.189 e. The van der Waals surface area contributed by atoms with Crippen molar-refractivity contribution < 1.29 is 19.0 Å². The highest BCUT2D eigenvalue weighted by molar-refractivity contribution is 5.92. The lowest BCUT2D eigenvalue weighted by Crippen LogP contribution is -2.45. The Morgan fingerprint density at radius 1 is 1.04 bits per heavy atom. The second-order valence-electron chi connectivity index (χ2n) is 6.79. The first-order chi connectivity index (χ1) is 13.6. The second kappa shape index (κ2) is 7.00.